The van der Waals surface area contributed by atoms with Gasteiger partial charge in [0.25, 0.3) is 0 Å². The molecule has 2 heteroatoms. The topological polar surface area (TPSA) is 43.1 Å². The van der Waals surface area contributed by atoms with Crippen molar-refractivity contribution in [1.29, 1.82) is 0 Å². The Morgan fingerprint density at radius 1 is 1.10 bits per heavy atom. The number of rotatable bonds is 4. The van der Waals surface area contributed by atoms with Crippen molar-refractivity contribution in [2.24, 2.45) is 11.7 Å². The van der Waals surface area contributed by atoms with Crippen LogP contribution in [0.5, 0.6) is 0 Å². The Morgan fingerprint density at radius 2 is 1.80 bits per heavy atom. The van der Waals surface area contributed by atoms with Crippen LogP contribution in [0.15, 0.2) is 42.0 Å². The van der Waals surface area contributed by atoms with E-state index in [4.69, 9.17) is 5.73 Å². The molecular weight excluding hydrogens is 246 g/mol. The highest BCUT2D eigenvalue weighted by Gasteiger charge is 2.24. The van der Waals surface area contributed by atoms with E-state index < -0.39 is 0 Å². The molecule has 0 saturated carbocycles. The first-order valence-corrected chi connectivity index (χ1v) is 7.74. The van der Waals surface area contributed by atoms with Crippen LogP contribution in [-0.2, 0) is 4.79 Å². The van der Waals surface area contributed by atoms with E-state index >= 15 is 0 Å². The molecule has 108 valence electrons. The number of hydrogen-bond acceptors (Lipinski definition) is 2. The standard InChI is InChI=1S/C18H25NO/c1-14(17(19)15-10-8-5-9-11-15)18(20)16-12-6-3-2-4-7-13-16/h5,8-12,14,17H,2-4,6-7,13,19H2,1H3/b16-12+. The van der Waals surface area contributed by atoms with E-state index in [0.717, 1.165) is 30.4 Å². The maximum absolute atomic E-state index is 12.6. The van der Waals surface area contributed by atoms with Crippen LogP contribution in [0.4, 0.5) is 0 Å². The number of carbonyl (C=O) groups excluding carboxylic acids is 1. The van der Waals surface area contributed by atoms with Gasteiger partial charge in [-0.05, 0) is 36.8 Å². The van der Waals surface area contributed by atoms with Crippen LogP contribution in [0, 0.1) is 5.92 Å². The summed E-state index contributed by atoms with van der Waals surface area (Å²) in [5.41, 5.74) is 8.31. The monoisotopic (exact) mass is 271 g/mol. The van der Waals surface area contributed by atoms with Crippen molar-refractivity contribution in [2.45, 2.75) is 51.5 Å². The quantitative estimate of drug-likeness (QED) is 0.893. The van der Waals surface area contributed by atoms with Crippen molar-refractivity contribution >= 4 is 5.78 Å². The van der Waals surface area contributed by atoms with E-state index in [0.29, 0.717) is 0 Å². The van der Waals surface area contributed by atoms with Crippen LogP contribution >= 0.6 is 0 Å². The minimum atomic E-state index is -0.213. The van der Waals surface area contributed by atoms with Gasteiger partial charge in [-0.1, -0.05) is 56.2 Å². The number of hydrogen-bond donors (Lipinski definition) is 1. The molecule has 0 aliphatic heterocycles. The fraction of sp³-hybridized carbons (Fsp3) is 0.500. The maximum atomic E-state index is 12.6. The highest BCUT2D eigenvalue weighted by molar-refractivity contribution is 5.97. The van der Waals surface area contributed by atoms with Gasteiger partial charge in [-0.3, -0.25) is 4.79 Å². The van der Waals surface area contributed by atoms with Gasteiger partial charge >= 0.3 is 0 Å². The number of nitrogens with two attached hydrogens (primary N) is 1. The fourth-order valence-corrected chi connectivity index (χ4v) is 2.83. The first-order valence-electron chi connectivity index (χ1n) is 7.74. The molecule has 0 aromatic heterocycles. The van der Waals surface area contributed by atoms with Crippen LogP contribution < -0.4 is 5.73 Å². The highest BCUT2D eigenvalue weighted by atomic mass is 16.1. The summed E-state index contributed by atoms with van der Waals surface area (Å²) in [5.74, 6) is 0.0892. The summed E-state index contributed by atoms with van der Waals surface area (Å²) < 4.78 is 0. The SMILES string of the molecule is CC(C(=O)/C1=C/CCCCCC1)C(N)c1ccccc1. The normalized spacial score (nSPS) is 22.0. The van der Waals surface area contributed by atoms with Crippen molar-refractivity contribution in [3.63, 3.8) is 0 Å². The number of carbonyl (C=O) groups is 1. The molecule has 2 rings (SSSR count). The molecule has 0 saturated heterocycles. The van der Waals surface area contributed by atoms with Gasteiger partial charge in [-0.25, -0.2) is 0 Å². The van der Waals surface area contributed by atoms with Crippen molar-refractivity contribution < 1.29 is 4.79 Å². The van der Waals surface area contributed by atoms with Gasteiger partial charge < -0.3 is 5.73 Å². The number of Topliss-reactive ketones (excluding diaryl/α,β-unsaturated/α-hetero) is 1. The third-order valence-corrected chi connectivity index (χ3v) is 4.24. The van der Waals surface area contributed by atoms with Crippen LogP contribution in [0.25, 0.3) is 0 Å². The predicted molar refractivity (Wildman–Crippen MR) is 83.3 cm³/mol. The molecule has 20 heavy (non-hydrogen) atoms. The van der Waals surface area contributed by atoms with Crippen molar-refractivity contribution in [1.82, 2.24) is 0 Å². The van der Waals surface area contributed by atoms with Crippen LogP contribution in [0.2, 0.25) is 0 Å². The lowest BCUT2D eigenvalue weighted by atomic mass is 9.85. The number of ketones is 1. The second kappa shape index (κ2) is 7.39. The Hall–Kier alpha value is -1.41. The van der Waals surface area contributed by atoms with Crippen molar-refractivity contribution in [3.8, 4) is 0 Å². The van der Waals surface area contributed by atoms with Gasteiger partial charge in [0.1, 0.15) is 0 Å². The van der Waals surface area contributed by atoms with E-state index in [1.165, 1.54) is 19.3 Å². The second-order valence-corrected chi connectivity index (χ2v) is 5.77. The molecule has 1 aliphatic rings. The molecule has 0 heterocycles. The molecule has 2 atom stereocenters. The molecule has 2 unspecified atom stereocenters. The Labute approximate surface area is 122 Å². The van der Waals surface area contributed by atoms with Gasteiger partial charge in [-0.15, -0.1) is 0 Å². The first kappa shape index (κ1) is 15.0. The van der Waals surface area contributed by atoms with E-state index in [2.05, 4.69) is 6.08 Å². The molecule has 0 bridgehead atoms. The van der Waals surface area contributed by atoms with Crippen molar-refractivity contribution in [3.05, 3.63) is 47.5 Å². The summed E-state index contributed by atoms with van der Waals surface area (Å²) in [6, 6.07) is 9.71. The Kier molecular flexibility index (Phi) is 5.54. The Bertz CT molecular complexity index is 464. The Morgan fingerprint density at radius 3 is 2.55 bits per heavy atom. The largest absolute Gasteiger partial charge is 0.323 e. The molecule has 1 aromatic rings. The average molecular weight is 271 g/mol. The number of allylic oxidation sites excluding steroid dienone is 2. The first-order chi connectivity index (χ1) is 9.70. The lowest BCUT2D eigenvalue weighted by molar-refractivity contribution is -0.119. The zero-order chi connectivity index (χ0) is 14.4. The minimum absolute atomic E-state index is 0.150. The molecule has 0 spiro atoms. The minimum Gasteiger partial charge on any atom is -0.323 e. The molecule has 2 N–H and O–H groups in total. The lowest BCUT2D eigenvalue weighted by Gasteiger charge is -2.21. The van der Waals surface area contributed by atoms with E-state index in [-0.39, 0.29) is 17.7 Å². The van der Waals surface area contributed by atoms with Gasteiger partial charge in [0.2, 0.25) is 0 Å². The zero-order valence-corrected chi connectivity index (χ0v) is 12.3. The summed E-state index contributed by atoms with van der Waals surface area (Å²) in [4.78, 5) is 12.6. The molecule has 1 aliphatic carbocycles. The van der Waals surface area contributed by atoms with E-state index in [9.17, 15) is 4.79 Å². The third-order valence-electron chi connectivity index (χ3n) is 4.24. The summed E-state index contributed by atoms with van der Waals surface area (Å²) in [6.45, 7) is 1.96. The smallest absolute Gasteiger partial charge is 0.163 e. The van der Waals surface area contributed by atoms with Gasteiger partial charge in [0.05, 0.1) is 0 Å². The van der Waals surface area contributed by atoms with Crippen LogP contribution in [0.1, 0.15) is 57.1 Å². The van der Waals surface area contributed by atoms with Crippen LogP contribution in [-0.4, -0.2) is 5.78 Å². The van der Waals surface area contributed by atoms with Crippen LogP contribution in [0.3, 0.4) is 0 Å². The third kappa shape index (κ3) is 3.80. The fourth-order valence-electron chi connectivity index (χ4n) is 2.83. The predicted octanol–water partition coefficient (Wildman–Crippen LogP) is 4.17. The van der Waals surface area contributed by atoms with Crippen molar-refractivity contribution in [2.75, 3.05) is 0 Å². The zero-order valence-electron chi connectivity index (χ0n) is 12.3. The summed E-state index contributed by atoms with van der Waals surface area (Å²) in [5, 5.41) is 0. The summed E-state index contributed by atoms with van der Waals surface area (Å²) in [7, 11) is 0. The van der Waals surface area contributed by atoms with Gasteiger partial charge in [0.15, 0.2) is 5.78 Å². The molecule has 0 amide bonds. The average Bonchev–Trinajstić information content (AvgIpc) is 2.46. The molecule has 0 radical (unpaired) electrons. The maximum Gasteiger partial charge on any atom is 0.163 e. The molecule has 0 fully saturated rings. The van der Waals surface area contributed by atoms with Gasteiger partial charge in [-0.2, -0.15) is 0 Å². The summed E-state index contributed by atoms with van der Waals surface area (Å²) in [6.07, 6.45) is 8.97. The lowest BCUT2D eigenvalue weighted by Crippen LogP contribution is -2.27. The number of benzene rings is 1. The molecule has 1 aromatic carbocycles. The molecule has 2 nitrogen and oxygen atoms in total. The second-order valence-electron chi connectivity index (χ2n) is 5.77. The summed E-state index contributed by atoms with van der Waals surface area (Å²) >= 11 is 0. The van der Waals surface area contributed by atoms with Gasteiger partial charge in [0, 0.05) is 12.0 Å². The molecular formula is C18H25NO. The Balaban J connectivity index is 2.07. The highest BCUT2D eigenvalue weighted by Crippen LogP contribution is 2.26. The van der Waals surface area contributed by atoms with E-state index in [1.54, 1.807) is 0 Å². The van der Waals surface area contributed by atoms with E-state index in [1.807, 2.05) is 37.3 Å².